The largest absolute Gasteiger partial charge is 0.493 e. The van der Waals surface area contributed by atoms with Gasteiger partial charge >= 0.3 is 5.97 Å². The van der Waals surface area contributed by atoms with Crippen LogP contribution in [0.15, 0.2) is 42.5 Å². The van der Waals surface area contributed by atoms with Crippen molar-refractivity contribution in [3.8, 4) is 16.9 Å². The zero-order chi connectivity index (χ0) is 17.1. The summed E-state index contributed by atoms with van der Waals surface area (Å²) in [5.74, 6) is -0.459. The third-order valence-electron chi connectivity index (χ3n) is 4.09. The first kappa shape index (κ1) is 16.2. The zero-order valence-electron chi connectivity index (χ0n) is 13.1. The third kappa shape index (κ3) is 3.31. The number of Topliss-reactive ketones (excluding diaryl/α,β-unsaturated/α-hetero) is 1. The van der Waals surface area contributed by atoms with Gasteiger partial charge in [-0.05, 0) is 35.2 Å². The lowest BCUT2D eigenvalue weighted by Gasteiger charge is -2.15. The summed E-state index contributed by atoms with van der Waals surface area (Å²) in [6.45, 7) is 0.492. The van der Waals surface area contributed by atoms with E-state index in [2.05, 4.69) is 0 Å². The number of hydrogen-bond acceptors (Lipinski definition) is 4. The van der Waals surface area contributed by atoms with Gasteiger partial charge in [-0.15, -0.1) is 0 Å². The molecule has 3 rings (SSSR count). The van der Waals surface area contributed by atoms with Crippen LogP contribution in [0.5, 0.6) is 5.75 Å². The molecule has 0 amide bonds. The van der Waals surface area contributed by atoms with Gasteiger partial charge in [-0.1, -0.05) is 30.3 Å². The van der Waals surface area contributed by atoms with Crippen molar-refractivity contribution >= 4 is 11.8 Å². The smallest absolute Gasteiger partial charge is 0.306 e. The van der Waals surface area contributed by atoms with Crippen molar-refractivity contribution in [2.45, 2.75) is 25.4 Å². The van der Waals surface area contributed by atoms with Crippen molar-refractivity contribution in [2.75, 3.05) is 6.61 Å². The number of aliphatic hydroxyl groups is 1. The monoisotopic (exact) mass is 326 g/mol. The predicted molar refractivity (Wildman–Crippen MR) is 88.2 cm³/mol. The molecule has 0 radical (unpaired) electrons. The van der Waals surface area contributed by atoms with E-state index in [-0.39, 0.29) is 12.2 Å². The number of fused-ring (bicyclic) bond motifs is 1. The minimum absolute atomic E-state index is 0.0632. The SMILES string of the molecule is O=C(O)CC(O)c1ccccc1-c1ccc2c(c1)OCCCC2=O. The number of hydrogen-bond donors (Lipinski definition) is 2. The van der Waals surface area contributed by atoms with E-state index in [1.165, 1.54) is 0 Å². The van der Waals surface area contributed by atoms with Gasteiger partial charge in [0.25, 0.3) is 0 Å². The summed E-state index contributed by atoms with van der Waals surface area (Å²) in [4.78, 5) is 22.9. The van der Waals surface area contributed by atoms with E-state index in [1.54, 1.807) is 30.3 Å². The van der Waals surface area contributed by atoms with Gasteiger partial charge in [0.05, 0.1) is 24.7 Å². The molecule has 1 aliphatic rings. The van der Waals surface area contributed by atoms with Crippen molar-refractivity contribution in [3.05, 3.63) is 53.6 Å². The van der Waals surface area contributed by atoms with Crippen LogP contribution in [0.4, 0.5) is 0 Å². The molecule has 2 N–H and O–H groups in total. The maximum Gasteiger partial charge on any atom is 0.306 e. The van der Waals surface area contributed by atoms with Crippen LogP contribution in [0.3, 0.4) is 0 Å². The van der Waals surface area contributed by atoms with Gasteiger partial charge in [0.15, 0.2) is 5.78 Å². The Kier molecular flexibility index (Phi) is 4.62. The Bertz CT molecular complexity index is 781. The van der Waals surface area contributed by atoms with Gasteiger partial charge in [0.2, 0.25) is 0 Å². The Morgan fingerprint density at radius 1 is 1.17 bits per heavy atom. The second kappa shape index (κ2) is 6.84. The van der Waals surface area contributed by atoms with Gasteiger partial charge in [0, 0.05) is 6.42 Å². The highest BCUT2D eigenvalue weighted by Gasteiger charge is 2.20. The Morgan fingerprint density at radius 2 is 1.96 bits per heavy atom. The fourth-order valence-corrected chi connectivity index (χ4v) is 2.92. The van der Waals surface area contributed by atoms with E-state index in [9.17, 15) is 14.7 Å². The van der Waals surface area contributed by atoms with E-state index in [0.717, 1.165) is 11.1 Å². The molecule has 0 saturated heterocycles. The number of aliphatic hydroxyl groups excluding tert-OH is 1. The van der Waals surface area contributed by atoms with Crippen molar-refractivity contribution in [2.24, 2.45) is 0 Å². The third-order valence-corrected chi connectivity index (χ3v) is 4.09. The number of carboxylic acid groups (broad SMARTS) is 1. The van der Waals surface area contributed by atoms with E-state index < -0.39 is 12.1 Å². The lowest BCUT2D eigenvalue weighted by molar-refractivity contribution is -0.139. The van der Waals surface area contributed by atoms with Crippen LogP contribution in [0.1, 0.15) is 41.3 Å². The highest BCUT2D eigenvalue weighted by Crippen LogP contribution is 2.34. The van der Waals surface area contributed by atoms with Crippen LogP contribution in [0.25, 0.3) is 11.1 Å². The first-order valence-corrected chi connectivity index (χ1v) is 7.85. The minimum Gasteiger partial charge on any atom is -0.493 e. The van der Waals surface area contributed by atoms with Crippen LogP contribution in [0, 0.1) is 0 Å². The Balaban J connectivity index is 2.02. The molecule has 5 nitrogen and oxygen atoms in total. The van der Waals surface area contributed by atoms with Gasteiger partial charge in [-0.2, -0.15) is 0 Å². The summed E-state index contributed by atoms with van der Waals surface area (Å²) in [5, 5.41) is 19.1. The molecule has 124 valence electrons. The molecule has 0 aromatic heterocycles. The number of benzene rings is 2. The number of carbonyl (C=O) groups is 2. The van der Waals surface area contributed by atoms with Crippen LogP contribution < -0.4 is 4.74 Å². The zero-order valence-corrected chi connectivity index (χ0v) is 13.1. The summed E-state index contributed by atoms with van der Waals surface area (Å²) >= 11 is 0. The van der Waals surface area contributed by atoms with Crippen LogP contribution in [-0.2, 0) is 4.79 Å². The van der Waals surface area contributed by atoms with Gasteiger partial charge in [0.1, 0.15) is 5.75 Å². The number of rotatable bonds is 4. The second-order valence-electron chi connectivity index (χ2n) is 5.79. The molecule has 1 atom stereocenters. The van der Waals surface area contributed by atoms with E-state index in [4.69, 9.17) is 9.84 Å². The minimum atomic E-state index is -1.10. The highest BCUT2D eigenvalue weighted by molar-refractivity contribution is 5.99. The van der Waals surface area contributed by atoms with Crippen LogP contribution in [-0.4, -0.2) is 28.6 Å². The van der Waals surface area contributed by atoms with Crippen LogP contribution >= 0.6 is 0 Å². The first-order chi connectivity index (χ1) is 11.6. The molecule has 1 aliphatic heterocycles. The molecule has 2 aromatic rings. The molecule has 5 heteroatoms. The standard InChI is InChI=1S/C19H18O5/c20-16-6-3-9-24-18-10-12(7-8-15(16)18)13-4-1-2-5-14(13)17(21)11-19(22)23/h1-2,4-5,7-8,10,17,21H,3,6,9,11H2,(H,22,23). The number of ether oxygens (including phenoxy) is 1. The molecule has 0 spiro atoms. The maximum absolute atomic E-state index is 12.1. The van der Waals surface area contributed by atoms with Gasteiger partial charge in [-0.3, -0.25) is 9.59 Å². The average Bonchev–Trinajstić information content (AvgIpc) is 2.75. The fraction of sp³-hybridized carbons (Fsp3) is 0.263. The summed E-state index contributed by atoms with van der Waals surface area (Å²) in [6, 6.07) is 12.4. The molecule has 0 fully saturated rings. The maximum atomic E-state index is 12.1. The summed E-state index contributed by atoms with van der Waals surface area (Å²) in [7, 11) is 0. The number of aliphatic carboxylic acids is 1. The Hall–Kier alpha value is -2.66. The normalized spacial score (nSPS) is 15.1. The molecule has 0 bridgehead atoms. The summed E-state index contributed by atoms with van der Waals surface area (Å²) < 4.78 is 5.67. The lowest BCUT2D eigenvalue weighted by atomic mass is 9.93. The predicted octanol–water partition coefficient (Wildman–Crippen LogP) is 3.22. The van der Waals surface area contributed by atoms with E-state index >= 15 is 0 Å². The van der Waals surface area contributed by atoms with E-state index in [0.29, 0.717) is 36.3 Å². The molecule has 1 heterocycles. The number of carboxylic acids is 1. The number of ketones is 1. The van der Waals surface area contributed by atoms with Crippen molar-refractivity contribution in [1.82, 2.24) is 0 Å². The topological polar surface area (TPSA) is 83.8 Å². The van der Waals surface area contributed by atoms with Gasteiger partial charge in [-0.25, -0.2) is 0 Å². The second-order valence-corrected chi connectivity index (χ2v) is 5.79. The molecule has 2 aromatic carbocycles. The summed E-state index contributed by atoms with van der Waals surface area (Å²) in [5.41, 5.74) is 2.62. The first-order valence-electron chi connectivity index (χ1n) is 7.85. The van der Waals surface area contributed by atoms with Crippen molar-refractivity contribution in [1.29, 1.82) is 0 Å². The Morgan fingerprint density at radius 3 is 2.75 bits per heavy atom. The molecule has 0 saturated carbocycles. The van der Waals surface area contributed by atoms with Crippen LogP contribution in [0.2, 0.25) is 0 Å². The fourth-order valence-electron chi connectivity index (χ4n) is 2.92. The molecule has 24 heavy (non-hydrogen) atoms. The molecular weight excluding hydrogens is 308 g/mol. The molecular formula is C19H18O5. The quantitative estimate of drug-likeness (QED) is 0.901. The number of carbonyl (C=O) groups excluding carboxylic acids is 1. The average molecular weight is 326 g/mol. The summed E-state index contributed by atoms with van der Waals surface area (Å²) in [6.07, 6.45) is -0.298. The van der Waals surface area contributed by atoms with Gasteiger partial charge < -0.3 is 14.9 Å². The van der Waals surface area contributed by atoms with E-state index in [1.807, 2.05) is 12.1 Å². The molecule has 0 aliphatic carbocycles. The lowest BCUT2D eigenvalue weighted by Crippen LogP contribution is -2.07. The molecule has 1 unspecified atom stereocenters. The van der Waals surface area contributed by atoms with Crippen molar-refractivity contribution in [3.63, 3.8) is 0 Å². The Labute approximate surface area is 139 Å². The van der Waals surface area contributed by atoms with Crippen molar-refractivity contribution < 1.29 is 24.5 Å². The highest BCUT2D eigenvalue weighted by atomic mass is 16.5.